The number of rotatable bonds is 5. The van der Waals surface area contributed by atoms with E-state index in [1.165, 1.54) is 0 Å². The fourth-order valence-electron chi connectivity index (χ4n) is 2.22. The van der Waals surface area contributed by atoms with Crippen molar-refractivity contribution >= 4 is 11.6 Å². The molecular formula is C19H18N4O2. The SMILES string of the molecule is Cc1ccc(NC(=O)c2ccc(CN)cc2)cc1Oc1ncccn1. The Bertz CT molecular complexity index is 864. The third kappa shape index (κ3) is 4.19. The molecule has 126 valence electrons. The van der Waals surface area contributed by atoms with Gasteiger partial charge in [-0.3, -0.25) is 4.79 Å². The van der Waals surface area contributed by atoms with Crippen LogP contribution in [0.5, 0.6) is 11.8 Å². The molecule has 0 saturated heterocycles. The minimum atomic E-state index is -0.200. The maximum absolute atomic E-state index is 12.4. The number of hydrogen-bond acceptors (Lipinski definition) is 5. The third-order valence-electron chi connectivity index (χ3n) is 3.64. The summed E-state index contributed by atoms with van der Waals surface area (Å²) in [5, 5.41) is 2.86. The molecule has 25 heavy (non-hydrogen) atoms. The molecule has 3 aromatic rings. The van der Waals surface area contributed by atoms with Crippen molar-refractivity contribution in [3.05, 3.63) is 77.6 Å². The first-order chi connectivity index (χ1) is 12.2. The normalized spacial score (nSPS) is 10.3. The van der Waals surface area contributed by atoms with Gasteiger partial charge in [0.1, 0.15) is 5.75 Å². The summed E-state index contributed by atoms with van der Waals surface area (Å²) in [4.78, 5) is 20.4. The van der Waals surface area contributed by atoms with Gasteiger partial charge in [-0.2, -0.15) is 0 Å². The Balaban J connectivity index is 1.76. The summed E-state index contributed by atoms with van der Waals surface area (Å²) in [5.41, 5.74) is 8.65. The van der Waals surface area contributed by atoms with E-state index in [1.54, 1.807) is 36.7 Å². The minimum absolute atomic E-state index is 0.200. The van der Waals surface area contributed by atoms with Crippen LogP contribution < -0.4 is 15.8 Å². The van der Waals surface area contributed by atoms with E-state index in [2.05, 4.69) is 15.3 Å². The molecule has 0 aliphatic rings. The lowest BCUT2D eigenvalue weighted by Crippen LogP contribution is -2.12. The molecule has 1 amide bonds. The van der Waals surface area contributed by atoms with E-state index in [9.17, 15) is 4.79 Å². The zero-order valence-electron chi connectivity index (χ0n) is 13.8. The number of anilines is 1. The highest BCUT2D eigenvalue weighted by Gasteiger charge is 2.09. The van der Waals surface area contributed by atoms with Crippen LogP contribution in [0.2, 0.25) is 0 Å². The van der Waals surface area contributed by atoms with Crippen molar-refractivity contribution in [1.82, 2.24) is 9.97 Å². The number of nitrogens with one attached hydrogen (secondary N) is 1. The number of carbonyl (C=O) groups excluding carboxylic acids is 1. The van der Waals surface area contributed by atoms with Gasteiger partial charge in [0.25, 0.3) is 5.91 Å². The Morgan fingerprint density at radius 3 is 2.52 bits per heavy atom. The Kier molecular flexibility index (Phi) is 5.01. The van der Waals surface area contributed by atoms with Crippen LogP contribution in [0.1, 0.15) is 21.5 Å². The summed E-state index contributed by atoms with van der Waals surface area (Å²) in [6.07, 6.45) is 3.21. The van der Waals surface area contributed by atoms with Crippen LogP contribution in [0.4, 0.5) is 5.69 Å². The van der Waals surface area contributed by atoms with Crippen molar-refractivity contribution in [3.63, 3.8) is 0 Å². The molecule has 3 N–H and O–H groups in total. The fourth-order valence-corrected chi connectivity index (χ4v) is 2.22. The summed E-state index contributed by atoms with van der Waals surface area (Å²) in [7, 11) is 0. The molecule has 6 heteroatoms. The number of aryl methyl sites for hydroxylation is 1. The van der Waals surface area contributed by atoms with Crippen molar-refractivity contribution in [2.24, 2.45) is 5.73 Å². The Morgan fingerprint density at radius 2 is 1.84 bits per heavy atom. The molecule has 0 radical (unpaired) electrons. The van der Waals surface area contributed by atoms with Gasteiger partial charge in [-0.25, -0.2) is 9.97 Å². The highest BCUT2D eigenvalue weighted by molar-refractivity contribution is 6.04. The summed E-state index contributed by atoms with van der Waals surface area (Å²) >= 11 is 0. The monoisotopic (exact) mass is 334 g/mol. The van der Waals surface area contributed by atoms with Crippen LogP contribution in [0.25, 0.3) is 0 Å². The minimum Gasteiger partial charge on any atom is -0.424 e. The molecule has 2 aromatic carbocycles. The van der Waals surface area contributed by atoms with Gasteiger partial charge in [-0.1, -0.05) is 18.2 Å². The van der Waals surface area contributed by atoms with Gasteiger partial charge in [0, 0.05) is 36.3 Å². The topological polar surface area (TPSA) is 90.1 Å². The number of carbonyl (C=O) groups is 1. The largest absolute Gasteiger partial charge is 0.424 e. The first-order valence-electron chi connectivity index (χ1n) is 7.81. The van der Waals surface area contributed by atoms with E-state index in [0.717, 1.165) is 11.1 Å². The number of aromatic nitrogens is 2. The standard InChI is InChI=1S/C19H18N4O2/c1-13-3-8-16(11-17(13)25-19-21-9-2-10-22-19)23-18(24)15-6-4-14(12-20)5-7-15/h2-11H,12,20H2,1H3,(H,23,24). The number of nitrogens with two attached hydrogens (primary N) is 1. The summed E-state index contributed by atoms with van der Waals surface area (Å²) in [5.74, 6) is 0.386. The lowest BCUT2D eigenvalue weighted by atomic mass is 10.1. The number of amides is 1. The molecule has 1 heterocycles. The van der Waals surface area contributed by atoms with Gasteiger partial charge in [-0.05, 0) is 42.3 Å². The zero-order chi connectivity index (χ0) is 17.6. The van der Waals surface area contributed by atoms with Crippen LogP contribution in [0, 0.1) is 6.92 Å². The molecule has 0 aliphatic heterocycles. The predicted octanol–water partition coefficient (Wildman–Crippen LogP) is 3.29. The highest BCUT2D eigenvalue weighted by Crippen LogP contribution is 2.26. The number of benzene rings is 2. The van der Waals surface area contributed by atoms with Crippen LogP contribution in [-0.2, 0) is 6.54 Å². The molecule has 1 aromatic heterocycles. The van der Waals surface area contributed by atoms with Crippen LogP contribution >= 0.6 is 0 Å². The van der Waals surface area contributed by atoms with E-state index in [1.807, 2.05) is 31.2 Å². The molecule has 0 aliphatic carbocycles. The van der Waals surface area contributed by atoms with E-state index in [0.29, 0.717) is 23.5 Å². The first kappa shape index (κ1) is 16.6. The highest BCUT2D eigenvalue weighted by atomic mass is 16.5. The lowest BCUT2D eigenvalue weighted by Gasteiger charge is -2.10. The van der Waals surface area contributed by atoms with Crippen LogP contribution in [0.3, 0.4) is 0 Å². The number of nitrogens with zero attached hydrogens (tertiary/aromatic N) is 2. The maximum atomic E-state index is 12.4. The second-order valence-electron chi connectivity index (χ2n) is 5.47. The number of hydrogen-bond donors (Lipinski definition) is 2. The first-order valence-corrected chi connectivity index (χ1v) is 7.81. The maximum Gasteiger partial charge on any atom is 0.321 e. The molecule has 0 fully saturated rings. The average Bonchev–Trinajstić information content (AvgIpc) is 2.65. The van der Waals surface area contributed by atoms with Gasteiger partial charge < -0.3 is 15.8 Å². The van der Waals surface area contributed by atoms with Crippen LogP contribution in [0.15, 0.2) is 60.9 Å². The van der Waals surface area contributed by atoms with E-state index in [4.69, 9.17) is 10.5 Å². The Labute approximate surface area is 145 Å². The Hall–Kier alpha value is -3.25. The zero-order valence-corrected chi connectivity index (χ0v) is 13.8. The van der Waals surface area contributed by atoms with E-state index in [-0.39, 0.29) is 11.9 Å². The van der Waals surface area contributed by atoms with Gasteiger partial charge in [0.15, 0.2) is 0 Å². The van der Waals surface area contributed by atoms with Gasteiger partial charge >= 0.3 is 6.01 Å². The average molecular weight is 334 g/mol. The summed E-state index contributed by atoms with van der Waals surface area (Å²) < 4.78 is 5.68. The van der Waals surface area contributed by atoms with E-state index >= 15 is 0 Å². The molecule has 0 spiro atoms. The molecular weight excluding hydrogens is 316 g/mol. The van der Waals surface area contributed by atoms with Crippen LogP contribution in [-0.4, -0.2) is 15.9 Å². The quantitative estimate of drug-likeness (QED) is 0.747. The number of ether oxygens (including phenoxy) is 1. The van der Waals surface area contributed by atoms with Crippen molar-refractivity contribution in [3.8, 4) is 11.8 Å². The van der Waals surface area contributed by atoms with Gasteiger partial charge in [0.05, 0.1) is 0 Å². The molecule has 3 rings (SSSR count). The van der Waals surface area contributed by atoms with Gasteiger partial charge in [-0.15, -0.1) is 0 Å². The Morgan fingerprint density at radius 1 is 1.12 bits per heavy atom. The second-order valence-corrected chi connectivity index (χ2v) is 5.47. The van der Waals surface area contributed by atoms with E-state index < -0.39 is 0 Å². The molecule has 0 atom stereocenters. The van der Waals surface area contributed by atoms with Crippen molar-refractivity contribution < 1.29 is 9.53 Å². The molecule has 0 saturated carbocycles. The summed E-state index contributed by atoms with van der Waals surface area (Å²) in [6.45, 7) is 2.36. The van der Waals surface area contributed by atoms with Crippen molar-refractivity contribution in [2.75, 3.05) is 5.32 Å². The van der Waals surface area contributed by atoms with Crippen molar-refractivity contribution in [2.45, 2.75) is 13.5 Å². The van der Waals surface area contributed by atoms with Crippen molar-refractivity contribution in [1.29, 1.82) is 0 Å². The second kappa shape index (κ2) is 7.55. The fraction of sp³-hybridized carbons (Fsp3) is 0.105. The molecule has 6 nitrogen and oxygen atoms in total. The molecule has 0 bridgehead atoms. The summed E-state index contributed by atoms with van der Waals surface area (Å²) in [6, 6.07) is 14.6. The van der Waals surface area contributed by atoms with Gasteiger partial charge in [0.2, 0.25) is 0 Å². The lowest BCUT2D eigenvalue weighted by molar-refractivity contribution is 0.102. The molecule has 0 unspecified atom stereocenters. The third-order valence-corrected chi connectivity index (χ3v) is 3.64. The smallest absolute Gasteiger partial charge is 0.321 e. The predicted molar refractivity (Wildman–Crippen MR) is 95.6 cm³/mol.